The molecule has 4 aromatic rings. The van der Waals surface area contributed by atoms with Gasteiger partial charge in [0.1, 0.15) is 5.82 Å². The van der Waals surface area contributed by atoms with E-state index in [1.807, 2.05) is 17.0 Å². The number of nitrogens with zero attached hydrogens (tertiary/aromatic N) is 3. The quantitative estimate of drug-likeness (QED) is 0.0826. The molecular formula is C39H34ClF6N3O5S. The molecule has 55 heavy (non-hydrogen) atoms. The lowest BCUT2D eigenvalue weighted by atomic mass is 9.99. The summed E-state index contributed by atoms with van der Waals surface area (Å²) in [7, 11) is -5.75. The van der Waals surface area contributed by atoms with E-state index in [-0.39, 0.29) is 32.7 Å². The molecule has 1 N–H and O–H groups in total. The van der Waals surface area contributed by atoms with E-state index in [2.05, 4.69) is 6.07 Å². The van der Waals surface area contributed by atoms with E-state index in [1.165, 1.54) is 23.1 Å². The fourth-order valence-corrected chi connectivity index (χ4v) is 8.68. The number of anilines is 2. The molecule has 0 aromatic heterocycles. The SMILES string of the molecule is O=C(O)c1ccc(N(Cc2cc(C3CC3)cc(C3CC3)c2)C(=O)CN(Cc2ccc(F)cc2Cl)S(=O)(=O)c2c(F)c(F)c(F)c(F)c2F)c(N2CCCC2)c1. The Kier molecular flexibility index (Phi) is 10.7. The van der Waals surface area contributed by atoms with Crippen molar-refractivity contribution in [3.05, 3.63) is 122 Å². The van der Waals surface area contributed by atoms with Crippen molar-refractivity contribution in [1.82, 2.24) is 4.31 Å². The van der Waals surface area contributed by atoms with Gasteiger partial charge in [-0.1, -0.05) is 35.9 Å². The van der Waals surface area contributed by atoms with Gasteiger partial charge in [0.2, 0.25) is 21.7 Å². The molecule has 1 amide bonds. The number of amides is 1. The Bertz CT molecular complexity index is 2260. The van der Waals surface area contributed by atoms with Crippen molar-refractivity contribution in [1.29, 1.82) is 0 Å². The zero-order valence-electron chi connectivity index (χ0n) is 29.1. The molecule has 0 spiro atoms. The second-order valence-electron chi connectivity index (χ2n) is 14.1. The van der Waals surface area contributed by atoms with Gasteiger partial charge in [0.25, 0.3) is 0 Å². The number of aromatic carboxylic acids is 1. The number of hydrogen-bond acceptors (Lipinski definition) is 5. The van der Waals surface area contributed by atoms with Gasteiger partial charge in [-0.25, -0.2) is 39.6 Å². The topological polar surface area (TPSA) is 98.2 Å². The molecule has 1 aliphatic heterocycles. The summed E-state index contributed by atoms with van der Waals surface area (Å²) in [5, 5.41) is 9.51. The maximum atomic E-state index is 15.2. The highest BCUT2D eigenvalue weighted by Gasteiger charge is 2.39. The molecule has 0 atom stereocenters. The minimum Gasteiger partial charge on any atom is -0.478 e. The van der Waals surface area contributed by atoms with Crippen LogP contribution in [0.5, 0.6) is 0 Å². The third-order valence-electron chi connectivity index (χ3n) is 10.2. The maximum absolute atomic E-state index is 15.2. The van der Waals surface area contributed by atoms with Crippen molar-refractivity contribution >= 4 is 44.9 Å². The van der Waals surface area contributed by atoms with Crippen LogP contribution in [0.15, 0.2) is 59.5 Å². The van der Waals surface area contributed by atoms with Crippen molar-refractivity contribution in [2.45, 2.75) is 68.3 Å². The predicted octanol–water partition coefficient (Wildman–Crippen LogP) is 8.65. The molecule has 2 saturated carbocycles. The summed E-state index contributed by atoms with van der Waals surface area (Å²) >= 11 is 6.20. The highest BCUT2D eigenvalue weighted by atomic mass is 35.5. The van der Waals surface area contributed by atoms with Crippen LogP contribution in [0.25, 0.3) is 0 Å². The van der Waals surface area contributed by atoms with E-state index in [4.69, 9.17) is 11.6 Å². The summed E-state index contributed by atoms with van der Waals surface area (Å²) in [5.74, 6) is -15.3. The number of carbonyl (C=O) groups is 2. The van der Waals surface area contributed by atoms with Crippen LogP contribution >= 0.6 is 11.6 Å². The average molecular weight is 806 g/mol. The molecule has 3 aliphatic rings. The first kappa shape index (κ1) is 38.7. The van der Waals surface area contributed by atoms with E-state index in [0.29, 0.717) is 36.2 Å². The fourth-order valence-electron chi connectivity index (χ4n) is 6.97. The van der Waals surface area contributed by atoms with Crippen molar-refractivity contribution in [2.75, 3.05) is 29.4 Å². The largest absolute Gasteiger partial charge is 0.478 e. The van der Waals surface area contributed by atoms with Gasteiger partial charge >= 0.3 is 5.97 Å². The van der Waals surface area contributed by atoms with E-state index >= 15 is 8.78 Å². The van der Waals surface area contributed by atoms with Gasteiger partial charge < -0.3 is 14.9 Å². The molecule has 16 heteroatoms. The van der Waals surface area contributed by atoms with Crippen LogP contribution in [0.2, 0.25) is 5.02 Å². The van der Waals surface area contributed by atoms with Crippen molar-refractivity contribution < 1.29 is 49.5 Å². The Hall–Kier alpha value is -4.60. The average Bonchev–Trinajstić information content (AvgIpc) is 4.10. The maximum Gasteiger partial charge on any atom is 0.335 e. The van der Waals surface area contributed by atoms with Crippen LogP contribution in [0.4, 0.5) is 37.7 Å². The van der Waals surface area contributed by atoms with E-state index < -0.39 is 74.8 Å². The van der Waals surface area contributed by atoms with E-state index in [9.17, 15) is 40.7 Å². The number of benzene rings is 4. The molecule has 3 fully saturated rings. The first-order valence-electron chi connectivity index (χ1n) is 17.7. The zero-order valence-corrected chi connectivity index (χ0v) is 30.7. The standard InChI is InChI=1S/C39H34ClF6N3O5S/c40-29-17-28(41)9-7-25(29)19-48(55(53,54)38-36(45)34(43)33(42)35(44)37(38)46)20-32(50)49(18-21-13-26(22-3-4-22)15-27(14-21)23-5-6-23)30-10-8-24(39(51)52)16-31(30)47-11-1-2-12-47/h7-10,13-17,22-23H,1-6,11-12,18-20H2,(H,51,52). The number of rotatable bonds is 13. The van der Waals surface area contributed by atoms with Crippen LogP contribution in [-0.4, -0.2) is 49.3 Å². The van der Waals surface area contributed by atoms with Crippen molar-refractivity contribution in [2.24, 2.45) is 0 Å². The highest BCUT2D eigenvalue weighted by molar-refractivity contribution is 7.89. The Balaban J connectivity index is 1.36. The number of carboxylic acids is 1. The molecule has 8 nitrogen and oxygen atoms in total. The number of carboxylic acid groups (broad SMARTS) is 1. The summed E-state index contributed by atoms with van der Waals surface area (Å²) in [6, 6.07) is 12.9. The Morgan fingerprint density at radius 2 is 1.35 bits per heavy atom. The lowest BCUT2D eigenvalue weighted by Gasteiger charge is -2.32. The first-order valence-corrected chi connectivity index (χ1v) is 19.5. The number of hydrogen-bond donors (Lipinski definition) is 1. The van der Waals surface area contributed by atoms with Crippen molar-refractivity contribution in [3.8, 4) is 0 Å². The molecule has 0 bridgehead atoms. The van der Waals surface area contributed by atoms with E-state index in [0.717, 1.165) is 67.9 Å². The lowest BCUT2D eigenvalue weighted by Crippen LogP contribution is -2.43. The first-order chi connectivity index (χ1) is 26.1. The second-order valence-corrected chi connectivity index (χ2v) is 16.4. The number of sulfonamides is 1. The van der Waals surface area contributed by atoms with Gasteiger partial charge in [0, 0.05) is 24.7 Å². The fraction of sp³-hybridized carbons (Fsp3) is 0.333. The van der Waals surface area contributed by atoms with E-state index in [1.54, 1.807) is 0 Å². The van der Waals surface area contributed by atoms with Gasteiger partial charge in [0.05, 0.1) is 30.0 Å². The van der Waals surface area contributed by atoms with Gasteiger partial charge in [-0.05, 0) is 103 Å². The van der Waals surface area contributed by atoms with Crippen molar-refractivity contribution in [3.63, 3.8) is 0 Å². The summed E-state index contributed by atoms with van der Waals surface area (Å²) < 4.78 is 116. The monoisotopic (exact) mass is 805 g/mol. The van der Waals surface area contributed by atoms with Crippen LogP contribution in [-0.2, 0) is 27.9 Å². The smallest absolute Gasteiger partial charge is 0.335 e. The van der Waals surface area contributed by atoms with Crippen LogP contribution < -0.4 is 9.80 Å². The van der Waals surface area contributed by atoms with Crippen LogP contribution in [0.3, 0.4) is 0 Å². The minimum absolute atomic E-state index is 0.0775. The van der Waals surface area contributed by atoms with Crippen LogP contribution in [0.1, 0.15) is 83.0 Å². The third-order valence-corrected chi connectivity index (χ3v) is 12.3. The molecule has 4 aromatic carbocycles. The Morgan fingerprint density at radius 1 is 0.764 bits per heavy atom. The Labute approximate surface area is 318 Å². The molecule has 1 saturated heterocycles. The number of halogens is 7. The molecule has 1 heterocycles. The second kappa shape index (κ2) is 15.1. The normalized spacial score (nSPS) is 15.9. The molecule has 7 rings (SSSR count). The molecular weight excluding hydrogens is 772 g/mol. The zero-order chi connectivity index (χ0) is 39.3. The highest BCUT2D eigenvalue weighted by Crippen LogP contribution is 2.46. The molecule has 2 aliphatic carbocycles. The minimum atomic E-state index is -5.75. The predicted molar refractivity (Wildman–Crippen MR) is 192 cm³/mol. The summed E-state index contributed by atoms with van der Waals surface area (Å²) in [6.07, 6.45) is 5.49. The van der Waals surface area contributed by atoms with Gasteiger partial charge in [-0.15, -0.1) is 0 Å². The van der Waals surface area contributed by atoms with Gasteiger partial charge in [-0.2, -0.15) is 4.31 Å². The third kappa shape index (κ3) is 7.92. The summed E-state index contributed by atoms with van der Waals surface area (Å²) in [4.78, 5) is 27.8. The molecule has 290 valence electrons. The van der Waals surface area contributed by atoms with Crippen LogP contribution in [0, 0.1) is 34.9 Å². The Morgan fingerprint density at radius 3 is 1.89 bits per heavy atom. The summed E-state index contributed by atoms with van der Waals surface area (Å²) in [6.45, 7) is -1.27. The molecule has 0 radical (unpaired) electrons. The summed E-state index contributed by atoms with van der Waals surface area (Å²) in [5.41, 5.74) is 3.18. The lowest BCUT2D eigenvalue weighted by molar-refractivity contribution is -0.119. The van der Waals surface area contributed by atoms with Gasteiger partial charge in [-0.3, -0.25) is 4.79 Å². The molecule has 0 unspecified atom stereocenters. The van der Waals surface area contributed by atoms with Gasteiger partial charge in [0.15, 0.2) is 28.2 Å². The number of carbonyl (C=O) groups excluding carboxylic acids is 1.